The fourth-order valence-electron chi connectivity index (χ4n) is 1.50. The SMILES string of the molecule is c1nc(-c2nc3sc(-c4cscn4)nc3s2)cs1. The molecule has 0 radical (unpaired) electrons. The highest BCUT2D eigenvalue weighted by molar-refractivity contribution is 7.29. The largest absolute Gasteiger partial charge is 0.242 e. The Morgan fingerprint density at radius 1 is 0.722 bits per heavy atom. The lowest BCUT2D eigenvalue weighted by molar-refractivity contribution is 1.38. The van der Waals surface area contributed by atoms with Crippen molar-refractivity contribution in [3.05, 3.63) is 21.8 Å². The zero-order valence-electron chi connectivity index (χ0n) is 8.73. The number of hydrogen-bond donors (Lipinski definition) is 0. The summed E-state index contributed by atoms with van der Waals surface area (Å²) in [5.41, 5.74) is 5.51. The molecular weight excluding hydrogens is 304 g/mol. The number of aromatic nitrogens is 4. The van der Waals surface area contributed by atoms with Gasteiger partial charge in [-0.25, -0.2) is 19.9 Å². The van der Waals surface area contributed by atoms with Crippen molar-refractivity contribution < 1.29 is 0 Å². The molecule has 0 amide bonds. The first kappa shape index (κ1) is 10.7. The van der Waals surface area contributed by atoms with Crippen LogP contribution in [-0.4, -0.2) is 19.9 Å². The Morgan fingerprint density at radius 3 is 1.61 bits per heavy atom. The Kier molecular flexibility index (Phi) is 2.47. The molecule has 0 aliphatic carbocycles. The Morgan fingerprint density at radius 2 is 1.22 bits per heavy atom. The Bertz CT molecular complexity index is 686. The summed E-state index contributed by atoms with van der Waals surface area (Å²) in [5.74, 6) is 0. The van der Waals surface area contributed by atoms with Gasteiger partial charge in [-0.3, -0.25) is 0 Å². The summed E-state index contributed by atoms with van der Waals surface area (Å²) in [6.07, 6.45) is 0. The quantitative estimate of drug-likeness (QED) is 0.561. The predicted molar refractivity (Wildman–Crippen MR) is 77.5 cm³/mol. The van der Waals surface area contributed by atoms with Gasteiger partial charge in [0.25, 0.3) is 0 Å². The van der Waals surface area contributed by atoms with Gasteiger partial charge in [0, 0.05) is 10.8 Å². The third-order valence-corrected chi connectivity index (χ3v) is 5.52. The van der Waals surface area contributed by atoms with Gasteiger partial charge in [0.1, 0.15) is 21.4 Å². The fourth-order valence-corrected chi connectivity index (χ4v) is 4.70. The van der Waals surface area contributed by atoms with Crippen molar-refractivity contribution in [2.45, 2.75) is 0 Å². The van der Waals surface area contributed by atoms with Crippen molar-refractivity contribution in [2.75, 3.05) is 0 Å². The maximum Gasteiger partial charge on any atom is 0.156 e. The van der Waals surface area contributed by atoms with Crippen LogP contribution in [0.15, 0.2) is 21.8 Å². The van der Waals surface area contributed by atoms with E-state index < -0.39 is 0 Å². The van der Waals surface area contributed by atoms with E-state index in [0.717, 1.165) is 31.1 Å². The molecule has 4 aromatic heterocycles. The molecule has 18 heavy (non-hydrogen) atoms. The first-order valence-corrected chi connectivity index (χ1v) is 8.46. The molecule has 0 N–H and O–H groups in total. The van der Waals surface area contributed by atoms with Crippen molar-refractivity contribution in [2.24, 2.45) is 0 Å². The average Bonchev–Trinajstić information content (AvgIpc) is 3.13. The zero-order chi connectivity index (χ0) is 11.9. The lowest BCUT2D eigenvalue weighted by Crippen LogP contribution is -1.73. The maximum atomic E-state index is 4.58. The van der Waals surface area contributed by atoms with E-state index in [0.29, 0.717) is 0 Å². The highest BCUT2D eigenvalue weighted by atomic mass is 32.1. The first-order chi connectivity index (χ1) is 8.90. The third kappa shape index (κ3) is 1.69. The van der Waals surface area contributed by atoms with E-state index in [-0.39, 0.29) is 0 Å². The van der Waals surface area contributed by atoms with Crippen LogP contribution in [0.5, 0.6) is 0 Å². The van der Waals surface area contributed by atoms with Crippen LogP contribution in [0.2, 0.25) is 0 Å². The van der Waals surface area contributed by atoms with Crippen molar-refractivity contribution in [1.82, 2.24) is 19.9 Å². The monoisotopic (exact) mass is 308 g/mol. The second kappa shape index (κ2) is 4.16. The fraction of sp³-hybridized carbons (Fsp3) is 0. The summed E-state index contributed by atoms with van der Waals surface area (Å²) in [4.78, 5) is 19.6. The normalized spacial score (nSPS) is 11.3. The first-order valence-electron chi connectivity index (χ1n) is 4.94. The number of rotatable bonds is 2. The molecule has 0 atom stereocenters. The summed E-state index contributed by atoms with van der Waals surface area (Å²) in [5, 5.41) is 5.89. The highest BCUT2D eigenvalue weighted by Gasteiger charge is 2.14. The number of hydrogen-bond acceptors (Lipinski definition) is 8. The van der Waals surface area contributed by atoms with Crippen LogP contribution in [-0.2, 0) is 0 Å². The van der Waals surface area contributed by atoms with Gasteiger partial charge in [0.2, 0.25) is 0 Å². The molecule has 4 aromatic rings. The lowest BCUT2D eigenvalue weighted by atomic mass is 10.5. The number of thiazole rings is 4. The standard InChI is InChI=1S/C10H4N4S4/c1-5(11-3-15-1)7-13-9-10(17-7)14-8(18-9)6-2-16-4-12-6/h1-4H. The molecule has 0 aliphatic heterocycles. The predicted octanol–water partition coefficient (Wildman–Crippen LogP) is 4.00. The van der Waals surface area contributed by atoms with Gasteiger partial charge in [-0.2, -0.15) is 0 Å². The van der Waals surface area contributed by atoms with Crippen LogP contribution in [0.3, 0.4) is 0 Å². The summed E-state index contributed by atoms with van der Waals surface area (Å²) in [6, 6.07) is 0. The highest BCUT2D eigenvalue weighted by Crippen LogP contribution is 2.36. The van der Waals surface area contributed by atoms with Crippen molar-refractivity contribution in [3.8, 4) is 21.4 Å². The van der Waals surface area contributed by atoms with Gasteiger partial charge >= 0.3 is 0 Å². The summed E-state index contributed by atoms with van der Waals surface area (Å²) in [7, 11) is 0. The molecule has 0 unspecified atom stereocenters. The van der Waals surface area contributed by atoms with Crippen molar-refractivity contribution >= 4 is 55.0 Å². The zero-order valence-corrected chi connectivity index (χ0v) is 12.0. The summed E-state index contributed by atoms with van der Waals surface area (Å²) >= 11 is 6.32. The molecule has 0 aliphatic rings. The van der Waals surface area contributed by atoms with Gasteiger partial charge in [-0.05, 0) is 0 Å². The molecular formula is C10H4N4S4. The third-order valence-electron chi connectivity index (χ3n) is 2.28. The summed E-state index contributed by atoms with van der Waals surface area (Å²) < 4.78 is 0. The Hall–Kier alpha value is -1.22. The van der Waals surface area contributed by atoms with Gasteiger partial charge in [0.05, 0.1) is 11.0 Å². The topological polar surface area (TPSA) is 51.6 Å². The molecule has 0 saturated carbocycles. The summed E-state index contributed by atoms with van der Waals surface area (Å²) in [6.45, 7) is 0. The van der Waals surface area contributed by atoms with E-state index in [4.69, 9.17) is 0 Å². The average molecular weight is 308 g/mol. The van der Waals surface area contributed by atoms with Gasteiger partial charge < -0.3 is 0 Å². The minimum absolute atomic E-state index is 0.936. The van der Waals surface area contributed by atoms with Crippen LogP contribution in [0, 0.1) is 0 Å². The van der Waals surface area contributed by atoms with Crippen LogP contribution in [0.1, 0.15) is 0 Å². The number of nitrogens with zero attached hydrogens (tertiary/aromatic N) is 4. The van der Waals surface area contributed by atoms with Crippen LogP contribution in [0.4, 0.5) is 0 Å². The van der Waals surface area contributed by atoms with Gasteiger partial charge in [0.15, 0.2) is 9.66 Å². The molecule has 0 saturated heterocycles. The molecule has 0 spiro atoms. The van der Waals surface area contributed by atoms with Crippen LogP contribution >= 0.6 is 45.3 Å². The molecule has 8 heteroatoms. The van der Waals surface area contributed by atoms with Crippen molar-refractivity contribution in [3.63, 3.8) is 0 Å². The van der Waals surface area contributed by atoms with Crippen LogP contribution in [0.25, 0.3) is 31.1 Å². The molecule has 0 fully saturated rings. The molecule has 88 valence electrons. The number of fused-ring (bicyclic) bond motifs is 1. The van der Waals surface area contributed by atoms with Gasteiger partial charge in [-0.15, -0.1) is 22.7 Å². The smallest absolute Gasteiger partial charge is 0.156 e. The van der Waals surface area contributed by atoms with E-state index in [2.05, 4.69) is 19.9 Å². The van der Waals surface area contributed by atoms with E-state index in [1.54, 1.807) is 45.3 Å². The van der Waals surface area contributed by atoms with E-state index >= 15 is 0 Å². The molecule has 4 rings (SSSR count). The van der Waals surface area contributed by atoms with Gasteiger partial charge in [-0.1, -0.05) is 22.7 Å². The Balaban J connectivity index is 1.82. The second-order valence-electron chi connectivity index (χ2n) is 3.40. The minimum Gasteiger partial charge on any atom is -0.242 e. The second-order valence-corrected chi connectivity index (χ2v) is 6.79. The maximum absolute atomic E-state index is 4.58. The Labute approximate surface area is 118 Å². The van der Waals surface area contributed by atoms with E-state index in [1.807, 2.05) is 21.8 Å². The molecule has 4 heterocycles. The van der Waals surface area contributed by atoms with Crippen molar-refractivity contribution in [1.29, 1.82) is 0 Å². The molecule has 0 bridgehead atoms. The lowest BCUT2D eigenvalue weighted by Gasteiger charge is -1.86. The van der Waals surface area contributed by atoms with E-state index in [9.17, 15) is 0 Å². The van der Waals surface area contributed by atoms with Crippen LogP contribution < -0.4 is 0 Å². The van der Waals surface area contributed by atoms with E-state index in [1.165, 1.54) is 0 Å². The molecule has 0 aromatic carbocycles. The molecule has 4 nitrogen and oxygen atoms in total. The minimum atomic E-state index is 0.936.